The van der Waals surface area contributed by atoms with E-state index in [1.54, 1.807) is 0 Å². The monoisotopic (exact) mass is 294 g/mol. The molecule has 2 N–H and O–H groups in total. The predicted octanol–water partition coefficient (Wildman–Crippen LogP) is 0.705. The zero-order valence-corrected chi connectivity index (χ0v) is 12.0. The topological polar surface area (TPSA) is 75.3 Å². The molecule has 0 aromatic heterocycles. The third-order valence-electron chi connectivity index (χ3n) is 3.96. The van der Waals surface area contributed by atoms with Crippen molar-refractivity contribution in [1.82, 2.24) is 5.32 Å². The molecule has 1 aromatic carbocycles. The molecule has 6 heteroatoms. The molecule has 1 fully saturated rings. The average Bonchev–Trinajstić information content (AvgIpc) is 2.79. The minimum Gasteiger partial charge on any atom is -0.326 e. The zero-order chi connectivity index (χ0) is 14.2. The summed E-state index contributed by atoms with van der Waals surface area (Å²) < 4.78 is 22.8. The fraction of sp³-hybridized carbons (Fsp3) is 0.500. The first-order valence-electron chi connectivity index (χ1n) is 6.87. The summed E-state index contributed by atoms with van der Waals surface area (Å²) in [5, 5.41) is 6.14. The molecule has 2 aliphatic rings. The van der Waals surface area contributed by atoms with E-state index in [2.05, 4.69) is 10.6 Å². The summed E-state index contributed by atoms with van der Waals surface area (Å²) in [6.45, 7) is 1.80. The van der Waals surface area contributed by atoms with Gasteiger partial charge in [0.15, 0.2) is 9.84 Å². The van der Waals surface area contributed by atoms with Gasteiger partial charge >= 0.3 is 0 Å². The molecule has 0 aliphatic carbocycles. The van der Waals surface area contributed by atoms with Crippen molar-refractivity contribution in [2.24, 2.45) is 5.92 Å². The van der Waals surface area contributed by atoms with E-state index >= 15 is 0 Å². The number of amides is 1. The SMILES string of the molecule is O=C(Nc1ccc2c(c1)CNCC2)C1CCS(=O)(=O)C1. The highest BCUT2D eigenvalue weighted by Crippen LogP contribution is 2.22. The van der Waals surface area contributed by atoms with Gasteiger partial charge in [-0.25, -0.2) is 8.42 Å². The molecule has 1 atom stereocenters. The number of sulfone groups is 1. The van der Waals surface area contributed by atoms with Crippen LogP contribution in [0.4, 0.5) is 5.69 Å². The highest BCUT2D eigenvalue weighted by atomic mass is 32.2. The molecule has 1 aromatic rings. The summed E-state index contributed by atoms with van der Waals surface area (Å²) in [5.41, 5.74) is 3.26. The van der Waals surface area contributed by atoms with Crippen molar-refractivity contribution in [3.05, 3.63) is 29.3 Å². The van der Waals surface area contributed by atoms with Crippen LogP contribution in [0.5, 0.6) is 0 Å². The van der Waals surface area contributed by atoms with E-state index in [4.69, 9.17) is 0 Å². The fourth-order valence-corrected chi connectivity index (χ4v) is 4.55. The van der Waals surface area contributed by atoms with Crippen molar-refractivity contribution < 1.29 is 13.2 Å². The first kappa shape index (κ1) is 13.6. The second-order valence-corrected chi connectivity index (χ2v) is 7.73. The quantitative estimate of drug-likeness (QED) is 0.842. The van der Waals surface area contributed by atoms with E-state index in [0.29, 0.717) is 6.42 Å². The number of rotatable bonds is 2. The molecule has 108 valence electrons. The summed E-state index contributed by atoms with van der Waals surface area (Å²) in [6, 6.07) is 5.91. The lowest BCUT2D eigenvalue weighted by Gasteiger charge is -2.18. The lowest BCUT2D eigenvalue weighted by Crippen LogP contribution is -2.25. The third kappa shape index (κ3) is 2.86. The number of carbonyl (C=O) groups excluding carboxylic acids is 1. The van der Waals surface area contributed by atoms with E-state index in [1.165, 1.54) is 11.1 Å². The average molecular weight is 294 g/mol. The highest BCUT2D eigenvalue weighted by molar-refractivity contribution is 7.91. The van der Waals surface area contributed by atoms with Crippen LogP contribution in [0.2, 0.25) is 0 Å². The minimum atomic E-state index is -3.02. The smallest absolute Gasteiger partial charge is 0.228 e. The van der Waals surface area contributed by atoms with Crippen molar-refractivity contribution in [3.63, 3.8) is 0 Å². The molecule has 0 saturated carbocycles. The van der Waals surface area contributed by atoms with E-state index in [9.17, 15) is 13.2 Å². The Morgan fingerprint density at radius 2 is 2.15 bits per heavy atom. The Balaban J connectivity index is 1.70. The molecule has 2 aliphatic heterocycles. The molecule has 3 rings (SSSR count). The predicted molar refractivity (Wildman–Crippen MR) is 77.2 cm³/mol. The van der Waals surface area contributed by atoms with Gasteiger partial charge in [0.25, 0.3) is 0 Å². The first-order valence-corrected chi connectivity index (χ1v) is 8.69. The van der Waals surface area contributed by atoms with E-state index in [-0.39, 0.29) is 17.4 Å². The number of hydrogen-bond donors (Lipinski definition) is 2. The molecule has 1 unspecified atom stereocenters. The summed E-state index contributed by atoms with van der Waals surface area (Å²) in [7, 11) is -3.02. The number of benzene rings is 1. The summed E-state index contributed by atoms with van der Waals surface area (Å²) in [4.78, 5) is 12.1. The van der Waals surface area contributed by atoms with Crippen molar-refractivity contribution in [2.45, 2.75) is 19.4 Å². The van der Waals surface area contributed by atoms with Gasteiger partial charge in [-0.05, 0) is 42.6 Å². The maximum atomic E-state index is 12.1. The van der Waals surface area contributed by atoms with Gasteiger partial charge in [0.05, 0.1) is 17.4 Å². The molecule has 1 saturated heterocycles. The molecule has 20 heavy (non-hydrogen) atoms. The maximum absolute atomic E-state index is 12.1. The first-order chi connectivity index (χ1) is 9.53. The molecular formula is C14H18N2O3S. The van der Waals surface area contributed by atoms with Crippen LogP contribution >= 0.6 is 0 Å². The molecule has 0 radical (unpaired) electrons. The second-order valence-electron chi connectivity index (χ2n) is 5.50. The van der Waals surface area contributed by atoms with Gasteiger partial charge < -0.3 is 10.6 Å². The third-order valence-corrected chi connectivity index (χ3v) is 5.73. The highest BCUT2D eigenvalue weighted by Gasteiger charge is 2.32. The van der Waals surface area contributed by atoms with Gasteiger partial charge in [-0.1, -0.05) is 6.07 Å². The number of nitrogens with one attached hydrogen (secondary N) is 2. The van der Waals surface area contributed by atoms with Crippen molar-refractivity contribution in [2.75, 3.05) is 23.4 Å². The zero-order valence-electron chi connectivity index (χ0n) is 11.2. The van der Waals surface area contributed by atoms with Crippen molar-refractivity contribution >= 4 is 21.4 Å². The fourth-order valence-electron chi connectivity index (χ4n) is 2.80. The lowest BCUT2D eigenvalue weighted by molar-refractivity contribution is -0.119. The van der Waals surface area contributed by atoms with Crippen LogP contribution in [-0.2, 0) is 27.6 Å². The molecular weight excluding hydrogens is 276 g/mol. The van der Waals surface area contributed by atoms with Crippen LogP contribution in [0, 0.1) is 5.92 Å². The van der Waals surface area contributed by atoms with E-state index in [1.807, 2.05) is 18.2 Å². The minimum absolute atomic E-state index is 0.0225. The number of carbonyl (C=O) groups is 1. The Morgan fingerprint density at radius 3 is 2.90 bits per heavy atom. The van der Waals surface area contributed by atoms with Crippen LogP contribution in [0.3, 0.4) is 0 Å². The number of hydrogen-bond acceptors (Lipinski definition) is 4. The Kier molecular flexibility index (Phi) is 3.52. The van der Waals surface area contributed by atoms with Crippen LogP contribution in [0.15, 0.2) is 18.2 Å². The summed E-state index contributed by atoms with van der Waals surface area (Å²) in [5.74, 6) is -0.492. The van der Waals surface area contributed by atoms with Crippen LogP contribution < -0.4 is 10.6 Å². The Labute approximate surface area is 118 Å². The summed E-state index contributed by atoms with van der Waals surface area (Å²) in [6.07, 6.45) is 1.44. The van der Waals surface area contributed by atoms with Gasteiger partial charge in [0.2, 0.25) is 5.91 Å². The molecule has 1 amide bonds. The molecule has 0 bridgehead atoms. The Morgan fingerprint density at radius 1 is 1.30 bits per heavy atom. The number of fused-ring (bicyclic) bond motifs is 1. The van der Waals surface area contributed by atoms with Crippen LogP contribution in [0.25, 0.3) is 0 Å². The van der Waals surface area contributed by atoms with Gasteiger partial charge in [0.1, 0.15) is 0 Å². The lowest BCUT2D eigenvalue weighted by atomic mass is 10.0. The molecule has 5 nitrogen and oxygen atoms in total. The largest absolute Gasteiger partial charge is 0.326 e. The van der Waals surface area contributed by atoms with Crippen molar-refractivity contribution in [1.29, 1.82) is 0 Å². The van der Waals surface area contributed by atoms with Gasteiger partial charge in [-0.3, -0.25) is 4.79 Å². The van der Waals surface area contributed by atoms with E-state index in [0.717, 1.165) is 25.2 Å². The van der Waals surface area contributed by atoms with Crippen LogP contribution in [-0.4, -0.2) is 32.4 Å². The van der Waals surface area contributed by atoms with Crippen LogP contribution in [0.1, 0.15) is 17.5 Å². The van der Waals surface area contributed by atoms with Gasteiger partial charge in [-0.15, -0.1) is 0 Å². The maximum Gasteiger partial charge on any atom is 0.228 e. The normalized spacial score (nSPS) is 24.1. The van der Waals surface area contributed by atoms with E-state index < -0.39 is 15.8 Å². The molecule has 0 spiro atoms. The second kappa shape index (κ2) is 5.18. The Hall–Kier alpha value is -1.40. The van der Waals surface area contributed by atoms with Gasteiger partial charge in [-0.2, -0.15) is 0 Å². The van der Waals surface area contributed by atoms with Crippen molar-refractivity contribution in [3.8, 4) is 0 Å². The summed E-state index contributed by atoms with van der Waals surface area (Å²) >= 11 is 0. The standard InChI is InChI=1S/C14H18N2O3S/c17-14(11-4-6-20(18,19)9-11)16-13-2-1-10-3-5-15-8-12(10)7-13/h1-2,7,11,15H,3-6,8-9H2,(H,16,17). The number of anilines is 1. The molecule has 2 heterocycles. The van der Waals surface area contributed by atoms with Gasteiger partial charge in [0, 0.05) is 12.2 Å². The Bertz CT molecular complexity index is 640.